The minimum atomic E-state index is -0.308. The molecule has 1 amide bonds. The van der Waals surface area contributed by atoms with E-state index in [2.05, 4.69) is 5.32 Å². The van der Waals surface area contributed by atoms with Crippen LogP contribution in [0.5, 0.6) is 5.75 Å². The maximum atomic E-state index is 12.3. The van der Waals surface area contributed by atoms with Gasteiger partial charge in [-0.2, -0.15) is 0 Å². The van der Waals surface area contributed by atoms with Gasteiger partial charge in [0.2, 0.25) is 5.91 Å². The van der Waals surface area contributed by atoms with Gasteiger partial charge in [0.15, 0.2) is 5.75 Å². The van der Waals surface area contributed by atoms with Gasteiger partial charge in [-0.1, -0.05) is 30.3 Å². The van der Waals surface area contributed by atoms with E-state index in [4.69, 9.17) is 4.74 Å². The fourth-order valence-corrected chi connectivity index (χ4v) is 2.01. The van der Waals surface area contributed by atoms with Crippen LogP contribution in [0.2, 0.25) is 0 Å². The number of carbonyl (C=O) groups excluding carboxylic acids is 1. The Morgan fingerprint density at radius 2 is 1.91 bits per heavy atom. The number of nitrogens with zero attached hydrogens (tertiary/aromatic N) is 1. The van der Waals surface area contributed by atoms with Crippen LogP contribution in [-0.2, 0) is 17.9 Å². The first-order valence-corrected chi connectivity index (χ1v) is 7.22. The lowest BCUT2D eigenvalue weighted by Gasteiger charge is -2.11. The molecular formula is C17H20N2O3. The van der Waals surface area contributed by atoms with Gasteiger partial charge in [0.25, 0.3) is 5.56 Å². The van der Waals surface area contributed by atoms with E-state index in [1.54, 1.807) is 18.3 Å². The predicted octanol–water partition coefficient (Wildman–Crippen LogP) is 1.95. The summed E-state index contributed by atoms with van der Waals surface area (Å²) in [6.07, 6.45) is 1.58. The van der Waals surface area contributed by atoms with E-state index in [0.29, 0.717) is 6.61 Å². The van der Waals surface area contributed by atoms with Gasteiger partial charge in [-0.05, 0) is 31.5 Å². The lowest BCUT2D eigenvalue weighted by molar-refractivity contribution is -0.122. The second-order valence-corrected chi connectivity index (χ2v) is 5.30. The minimum absolute atomic E-state index is 0.0143. The normalized spacial score (nSPS) is 10.5. The molecule has 0 saturated heterocycles. The Morgan fingerprint density at radius 1 is 1.18 bits per heavy atom. The number of carbonyl (C=O) groups is 1. The number of hydrogen-bond acceptors (Lipinski definition) is 3. The van der Waals surface area contributed by atoms with Crippen LogP contribution in [0.4, 0.5) is 0 Å². The molecule has 0 radical (unpaired) electrons. The van der Waals surface area contributed by atoms with Crippen LogP contribution in [0, 0.1) is 0 Å². The second-order valence-electron chi connectivity index (χ2n) is 5.30. The number of rotatable bonds is 6. The molecule has 0 aliphatic heterocycles. The molecule has 116 valence electrons. The molecule has 2 aromatic rings. The number of aromatic nitrogens is 1. The third-order valence-corrected chi connectivity index (χ3v) is 2.99. The summed E-state index contributed by atoms with van der Waals surface area (Å²) in [5.41, 5.74) is 0.673. The highest BCUT2D eigenvalue weighted by molar-refractivity contribution is 5.75. The second kappa shape index (κ2) is 7.45. The van der Waals surface area contributed by atoms with Crippen molar-refractivity contribution in [2.45, 2.75) is 33.0 Å². The topological polar surface area (TPSA) is 60.3 Å². The fraction of sp³-hybridized carbons (Fsp3) is 0.294. The zero-order valence-electron chi connectivity index (χ0n) is 12.8. The van der Waals surface area contributed by atoms with E-state index in [1.165, 1.54) is 4.57 Å². The first-order chi connectivity index (χ1) is 10.6. The molecule has 5 nitrogen and oxygen atoms in total. The molecule has 5 heteroatoms. The summed E-state index contributed by atoms with van der Waals surface area (Å²) >= 11 is 0. The monoisotopic (exact) mass is 300 g/mol. The largest absolute Gasteiger partial charge is 0.483 e. The Morgan fingerprint density at radius 3 is 2.59 bits per heavy atom. The highest BCUT2D eigenvalue weighted by Crippen LogP contribution is 2.07. The highest BCUT2D eigenvalue weighted by atomic mass is 16.5. The Labute approximate surface area is 129 Å². The van der Waals surface area contributed by atoms with E-state index < -0.39 is 0 Å². The van der Waals surface area contributed by atoms with E-state index in [0.717, 1.165) is 5.56 Å². The minimum Gasteiger partial charge on any atom is -0.483 e. The summed E-state index contributed by atoms with van der Waals surface area (Å²) in [4.78, 5) is 24.0. The summed E-state index contributed by atoms with van der Waals surface area (Å²) in [6.45, 7) is 4.05. The van der Waals surface area contributed by atoms with Crippen molar-refractivity contribution in [1.29, 1.82) is 0 Å². The average Bonchev–Trinajstić information content (AvgIpc) is 2.48. The summed E-state index contributed by atoms with van der Waals surface area (Å²) in [5, 5.41) is 2.76. The number of pyridine rings is 1. The van der Waals surface area contributed by atoms with Crippen molar-refractivity contribution >= 4 is 5.91 Å². The van der Waals surface area contributed by atoms with E-state index in [9.17, 15) is 9.59 Å². The number of hydrogen-bond donors (Lipinski definition) is 1. The van der Waals surface area contributed by atoms with Crippen LogP contribution < -0.4 is 15.6 Å². The molecular weight excluding hydrogens is 280 g/mol. The van der Waals surface area contributed by atoms with Gasteiger partial charge in [0.05, 0.1) is 0 Å². The van der Waals surface area contributed by atoms with Crippen LogP contribution >= 0.6 is 0 Å². The molecule has 0 unspecified atom stereocenters. The molecule has 0 atom stereocenters. The molecule has 0 bridgehead atoms. The molecule has 1 heterocycles. The van der Waals surface area contributed by atoms with Crippen molar-refractivity contribution < 1.29 is 9.53 Å². The Bertz CT molecular complexity index is 678. The Balaban J connectivity index is 2.06. The standard InChI is InChI=1S/C17H20N2O3/c1-13(2)18-16(20)11-19-10-6-9-15(17(19)21)22-12-14-7-4-3-5-8-14/h3-10,13H,11-12H2,1-2H3,(H,18,20). The molecule has 1 N–H and O–H groups in total. The molecule has 0 spiro atoms. The van der Waals surface area contributed by atoms with E-state index in [-0.39, 0.29) is 29.8 Å². The fourth-order valence-electron chi connectivity index (χ4n) is 2.01. The smallest absolute Gasteiger partial charge is 0.293 e. The number of nitrogens with one attached hydrogen (secondary N) is 1. The SMILES string of the molecule is CC(C)NC(=O)Cn1cccc(OCc2ccccc2)c1=O. The summed E-state index contributed by atoms with van der Waals surface area (Å²) < 4.78 is 6.91. The molecule has 1 aromatic carbocycles. The van der Waals surface area contributed by atoms with Crippen LogP contribution in [0.1, 0.15) is 19.4 Å². The van der Waals surface area contributed by atoms with Crippen molar-refractivity contribution in [3.8, 4) is 5.75 Å². The first-order valence-electron chi connectivity index (χ1n) is 7.22. The highest BCUT2D eigenvalue weighted by Gasteiger charge is 2.09. The van der Waals surface area contributed by atoms with Crippen LogP contribution in [0.3, 0.4) is 0 Å². The third-order valence-electron chi connectivity index (χ3n) is 2.99. The number of ether oxygens (including phenoxy) is 1. The molecule has 1 aromatic heterocycles. The van der Waals surface area contributed by atoms with Gasteiger partial charge in [-0.3, -0.25) is 9.59 Å². The van der Waals surface area contributed by atoms with Crippen molar-refractivity contribution in [3.05, 3.63) is 64.6 Å². The zero-order valence-corrected chi connectivity index (χ0v) is 12.8. The maximum absolute atomic E-state index is 12.3. The Kier molecular flexibility index (Phi) is 5.36. The van der Waals surface area contributed by atoms with Gasteiger partial charge in [-0.15, -0.1) is 0 Å². The van der Waals surface area contributed by atoms with Crippen molar-refractivity contribution in [3.63, 3.8) is 0 Å². The summed E-state index contributed by atoms with van der Waals surface area (Å²) in [5.74, 6) is 0.0426. The predicted molar refractivity (Wildman–Crippen MR) is 84.8 cm³/mol. The zero-order chi connectivity index (χ0) is 15.9. The van der Waals surface area contributed by atoms with Gasteiger partial charge in [0, 0.05) is 12.2 Å². The lowest BCUT2D eigenvalue weighted by atomic mass is 10.2. The maximum Gasteiger partial charge on any atom is 0.293 e. The molecule has 0 aliphatic carbocycles. The van der Waals surface area contributed by atoms with Crippen LogP contribution in [-0.4, -0.2) is 16.5 Å². The quantitative estimate of drug-likeness (QED) is 0.887. The van der Waals surface area contributed by atoms with E-state index >= 15 is 0 Å². The third kappa shape index (κ3) is 4.48. The van der Waals surface area contributed by atoms with Gasteiger partial charge >= 0.3 is 0 Å². The number of benzene rings is 1. The summed E-state index contributed by atoms with van der Waals surface area (Å²) in [7, 11) is 0. The van der Waals surface area contributed by atoms with Crippen molar-refractivity contribution in [2.24, 2.45) is 0 Å². The van der Waals surface area contributed by atoms with Gasteiger partial charge in [-0.25, -0.2) is 0 Å². The Hall–Kier alpha value is -2.56. The van der Waals surface area contributed by atoms with Crippen LogP contribution in [0.25, 0.3) is 0 Å². The first kappa shape index (κ1) is 15.8. The molecule has 0 aliphatic rings. The number of amides is 1. The van der Waals surface area contributed by atoms with Crippen molar-refractivity contribution in [1.82, 2.24) is 9.88 Å². The van der Waals surface area contributed by atoms with Gasteiger partial charge in [0.1, 0.15) is 13.2 Å². The summed E-state index contributed by atoms with van der Waals surface area (Å²) in [6, 6.07) is 13.0. The molecule has 22 heavy (non-hydrogen) atoms. The van der Waals surface area contributed by atoms with E-state index in [1.807, 2.05) is 44.2 Å². The van der Waals surface area contributed by atoms with Crippen molar-refractivity contribution in [2.75, 3.05) is 0 Å². The average molecular weight is 300 g/mol. The van der Waals surface area contributed by atoms with Gasteiger partial charge < -0.3 is 14.6 Å². The molecule has 0 saturated carbocycles. The molecule has 0 fully saturated rings. The lowest BCUT2D eigenvalue weighted by Crippen LogP contribution is -2.36. The molecule has 2 rings (SSSR count). The van der Waals surface area contributed by atoms with Crippen LogP contribution in [0.15, 0.2) is 53.5 Å².